The van der Waals surface area contributed by atoms with E-state index in [1.54, 1.807) is 12.1 Å². The van der Waals surface area contributed by atoms with Crippen LogP contribution in [0.15, 0.2) is 48.2 Å². The zero-order valence-electron chi connectivity index (χ0n) is 19.5. The molecule has 0 spiro atoms. The number of rotatable bonds is 6. The highest BCUT2D eigenvalue weighted by atomic mass is 16.5. The molecule has 4 rings (SSSR count). The number of imide groups is 1. The van der Waals surface area contributed by atoms with Crippen LogP contribution in [0.4, 0.5) is 5.69 Å². The summed E-state index contributed by atoms with van der Waals surface area (Å²) in [7, 11) is 0. The molecule has 0 unspecified atom stereocenters. The van der Waals surface area contributed by atoms with Gasteiger partial charge in [0.05, 0.1) is 17.9 Å². The van der Waals surface area contributed by atoms with Crippen molar-refractivity contribution in [3.05, 3.63) is 64.9 Å². The van der Waals surface area contributed by atoms with Gasteiger partial charge in [-0.05, 0) is 62.3 Å². The number of carbonyl (C=O) groups excluding carboxylic acids is 2. The molecule has 2 aliphatic heterocycles. The molecule has 0 radical (unpaired) electrons. The monoisotopic (exact) mass is 432 g/mol. The number of likely N-dealkylation sites (tertiary alicyclic amines) is 1. The highest BCUT2D eigenvalue weighted by Gasteiger charge is 2.43. The second-order valence-electron chi connectivity index (χ2n) is 9.00. The molecule has 32 heavy (non-hydrogen) atoms. The summed E-state index contributed by atoms with van der Waals surface area (Å²) in [6.45, 7) is 10.5. The van der Waals surface area contributed by atoms with Gasteiger partial charge in [-0.2, -0.15) is 0 Å². The number of nitrogens with zero attached hydrogens (tertiary/aromatic N) is 2. The van der Waals surface area contributed by atoms with Crippen LogP contribution < -0.4 is 9.64 Å². The van der Waals surface area contributed by atoms with Crippen molar-refractivity contribution in [1.82, 2.24) is 4.90 Å². The van der Waals surface area contributed by atoms with E-state index < -0.39 is 0 Å². The van der Waals surface area contributed by atoms with Gasteiger partial charge in [-0.1, -0.05) is 43.7 Å². The van der Waals surface area contributed by atoms with E-state index in [0.29, 0.717) is 35.2 Å². The average molecular weight is 433 g/mol. The van der Waals surface area contributed by atoms with Crippen LogP contribution >= 0.6 is 0 Å². The zero-order valence-corrected chi connectivity index (χ0v) is 19.5. The van der Waals surface area contributed by atoms with Crippen molar-refractivity contribution in [3.63, 3.8) is 0 Å². The number of amides is 2. The average Bonchev–Trinajstić information content (AvgIpc) is 3.03. The Kier molecular flexibility index (Phi) is 6.35. The van der Waals surface area contributed by atoms with Gasteiger partial charge in [-0.15, -0.1) is 0 Å². The van der Waals surface area contributed by atoms with E-state index in [1.807, 2.05) is 45.0 Å². The number of carbonyl (C=O) groups is 2. The molecule has 1 fully saturated rings. The predicted molar refractivity (Wildman–Crippen MR) is 128 cm³/mol. The van der Waals surface area contributed by atoms with Crippen LogP contribution in [0.2, 0.25) is 0 Å². The third-order valence-corrected chi connectivity index (χ3v) is 6.36. The number of hydrogen-bond donors (Lipinski definition) is 0. The van der Waals surface area contributed by atoms with E-state index in [-0.39, 0.29) is 11.8 Å². The van der Waals surface area contributed by atoms with Crippen LogP contribution in [0, 0.1) is 19.8 Å². The maximum Gasteiger partial charge on any atom is 0.282 e. The lowest BCUT2D eigenvalue weighted by Gasteiger charge is -2.32. The molecule has 0 saturated carbocycles. The normalized spacial score (nSPS) is 17.5. The fraction of sp³-hybridized carbons (Fsp3) is 0.407. The number of anilines is 1. The first-order chi connectivity index (χ1) is 15.4. The van der Waals surface area contributed by atoms with Crippen molar-refractivity contribution in [2.75, 3.05) is 24.6 Å². The van der Waals surface area contributed by atoms with E-state index in [0.717, 1.165) is 49.0 Å². The second kappa shape index (κ2) is 9.19. The Morgan fingerprint density at radius 3 is 2.44 bits per heavy atom. The fourth-order valence-corrected chi connectivity index (χ4v) is 4.55. The molecule has 5 nitrogen and oxygen atoms in total. The fourth-order valence-electron chi connectivity index (χ4n) is 4.55. The molecule has 2 aliphatic rings. The number of aryl methyl sites for hydroxylation is 2. The van der Waals surface area contributed by atoms with Gasteiger partial charge >= 0.3 is 0 Å². The molecule has 0 N–H and O–H groups in total. The molecule has 0 aromatic heterocycles. The summed E-state index contributed by atoms with van der Waals surface area (Å²) in [6.07, 6.45) is 2.93. The smallest absolute Gasteiger partial charge is 0.282 e. The first kappa shape index (κ1) is 22.1. The number of hydrogen-bond acceptors (Lipinski definition) is 4. The summed E-state index contributed by atoms with van der Waals surface area (Å²) >= 11 is 0. The van der Waals surface area contributed by atoms with Gasteiger partial charge in [0.25, 0.3) is 11.8 Å². The van der Waals surface area contributed by atoms with Crippen LogP contribution in [0.1, 0.15) is 49.8 Å². The molecule has 2 amide bonds. The predicted octanol–water partition coefficient (Wildman–Crippen LogP) is 5.11. The van der Waals surface area contributed by atoms with Crippen LogP contribution in [-0.2, 0) is 9.59 Å². The summed E-state index contributed by atoms with van der Waals surface area (Å²) in [5.74, 6) is 0.792. The Bertz CT molecular complexity index is 1060. The first-order valence-electron chi connectivity index (χ1n) is 11.6. The SMILES string of the molecule is CCCOc1cccc(N2C(=O)C(c3ccc(C)cc3C)=C(N3CCC(C)CC3)C2=O)c1. The quantitative estimate of drug-likeness (QED) is 0.596. The Balaban J connectivity index is 1.78. The largest absolute Gasteiger partial charge is 0.494 e. The van der Waals surface area contributed by atoms with Gasteiger partial charge in [0.1, 0.15) is 11.4 Å². The van der Waals surface area contributed by atoms with Gasteiger partial charge in [0.2, 0.25) is 0 Å². The van der Waals surface area contributed by atoms with E-state index >= 15 is 0 Å². The van der Waals surface area contributed by atoms with Gasteiger partial charge in [0.15, 0.2) is 0 Å². The van der Waals surface area contributed by atoms with Crippen molar-refractivity contribution in [3.8, 4) is 5.75 Å². The minimum atomic E-state index is -0.261. The Morgan fingerprint density at radius 2 is 1.75 bits per heavy atom. The number of ether oxygens (including phenoxy) is 1. The van der Waals surface area contributed by atoms with E-state index in [1.165, 1.54) is 4.90 Å². The van der Waals surface area contributed by atoms with Crippen molar-refractivity contribution < 1.29 is 14.3 Å². The summed E-state index contributed by atoms with van der Waals surface area (Å²) in [5.41, 5.74) is 4.58. The van der Waals surface area contributed by atoms with Crippen molar-refractivity contribution in [2.24, 2.45) is 5.92 Å². The van der Waals surface area contributed by atoms with Crippen LogP contribution in [0.5, 0.6) is 5.75 Å². The molecule has 2 aromatic carbocycles. The van der Waals surface area contributed by atoms with Crippen molar-refractivity contribution >= 4 is 23.1 Å². The molecule has 0 aliphatic carbocycles. The molecular weight excluding hydrogens is 400 g/mol. The lowest BCUT2D eigenvalue weighted by molar-refractivity contribution is -0.120. The maximum absolute atomic E-state index is 13.8. The zero-order chi connectivity index (χ0) is 22.8. The molecule has 0 atom stereocenters. The van der Waals surface area contributed by atoms with Gasteiger partial charge in [-0.3, -0.25) is 9.59 Å². The Hall–Kier alpha value is -3.08. The maximum atomic E-state index is 13.8. The third kappa shape index (κ3) is 4.16. The highest BCUT2D eigenvalue weighted by Crippen LogP contribution is 2.38. The lowest BCUT2D eigenvalue weighted by atomic mass is 9.95. The summed E-state index contributed by atoms with van der Waals surface area (Å²) in [5, 5.41) is 0. The first-order valence-corrected chi connectivity index (χ1v) is 11.6. The topological polar surface area (TPSA) is 49.9 Å². The van der Waals surface area contributed by atoms with Crippen LogP contribution in [0.3, 0.4) is 0 Å². The summed E-state index contributed by atoms with van der Waals surface area (Å²) < 4.78 is 5.75. The minimum Gasteiger partial charge on any atom is -0.494 e. The van der Waals surface area contributed by atoms with E-state index in [2.05, 4.69) is 17.9 Å². The standard InChI is InChI=1S/C27H32N2O3/c1-5-15-32-22-8-6-7-21(17-22)29-26(30)24(23-10-9-19(3)16-20(23)4)25(27(29)31)28-13-11-18(2)12-14-28/h6-10,16-18H,5,11-15H2,1-4H3. The minimum absolute atomic E-state index is 0.243. The van der Waals surface area contributed by atoms with E-state index in [9.17, 15) is 9.59 Å². The van der Waals surface area contributed by atoms with Crippen molar-refractivity contribution in [2.45, 2.75) is 47.0 Å². The van der Waals surface area contributed by atoms with Crippen molar-refractivity contribution in [1.29, 1.82) is 0 Å². The molecule has 0 bridgehead atoms. The Morgan fingerprint density at radius 1 is 1.00 bits per heavy atom. The second-order valence-corrected chi connectivity index (χ2v) is 9.00. The van der Waals surface area contributed by atoms with Gasteiger partial charge in [0, 0.05) is 19.2 Å². The molecule has 1 saturated heterocycles. The summed E-state index contributed by atoms with van der Waals surface area (Å²) in [4.78, 5) is 31.0. The number of piperidine rings is 1. The lowest BCUT2D eigenvalue weighted by Crippen LogP contribution is -2.38. The molecule has 2 aromatic rings. The van der Waals surface area contributed by atoms with Crippen LogP contribution in [0.25, 0.3) is 5.57 Å². The third-order valence-electron chi connectivity index (χ3n) is 6.36. The van der Waals surface area contributed by atoms with Crippen LogP contribution in [-0.4, -0.2) is 36.4 Å². The van der Waals surface area contributed by atoms with Gasteiger partial charge < -0.3 is 9.64 Å². The molecular formula is C27H32N2O3. The highest BCUT2D eigenvalue weighted by molar-refractivity contribution is 6.45. The molecule has 5 heteroatoms. The molecule has 2 heterocycles. The Labute approximate surface area is 190 Å². The summed E-state index contributed by atoms with van der Waals surface area (Å²) in [6, 6.07) is 13.3. The van der Waals surface area contributed by atoms with E-state index in [4.69, 9.17) is 4.74 Å². The number of benzene rings is 2. The van der Waals surface area contributed by atoms with Gasteiger partial charge in [-0.25, -0.2) is 4.90 Å². The molecule has 168 valence electrons.